The Balaban J connectivity index is 0.000000127. The van der Waals surface area contributed by atoms with Gasteiger partial charge in [-0.1, -0.05) is 72.8 Å². The van der Waals surface area contributed by atoms with E-state index < -0.39 is 11.6 Å². The fraction of sp³-hybridized carbons (Fsp3) is 0.118. The zero-order chi connectivity index (χ0) is 64.8. The number of nitrogen functional groups attached to an aromatic ring is 3. The van der Waals surface area contributed by atoms with Crippen LogP contribution in [0.3, 0.4) is 0 Å². The van der Waals surface area contributed by atoms with Gasteiger partial charge in [-0.25, -0.2) is 52.7 Å². The van der Waals surface area contributed by atoms with Crippen LogP contribution < -0.4 is 28.3 Å². The molecule has 0 radical (unpaired) electrons. The van der Waals surface area contributed by atoms with E-state index in [9.17, 15) is 38.5 Å². The molecule has 0 spiro atoms. The summed E-state index contributed by atoms with van der Waals surface area (Å²) in [5.74, 6) is -0.921. The third-order valence-corrected chi connectivity index (χ3v) is 15.9. The number of aromatic nitrogens is 14. The van der Waals surface area contributed by atoms with E-state index in [0.717, 1.165) is 45.1 Å². The number of phenolic OH excluding ortho intramolecular Hbond substituents is 3. The molecule has 8 aromatic heterocycles. The van der Waals surface area contributed by atoms with Crippen LogP contribution in [0.2, 0.25) is 0 Å². The number of carbonyl (C=O) groups is 1. The van der Waals surface area contributed by atoms with Gasteiger partial charge in [0, 0.05) is 65.0 Å². The fourth-order valence-corrected chi connectivity index (χ4v) is 11.7. The van der Waals surface area contributed by atoms with Crippen LogP contribution in [0.15, 0.2) is 180 Å². The number of hydrogen-bond donors (Lipinski definition) is 6. The number of hydrogen-bond acceptors (Lipinski definition) is 18. The molecule has 8 heterocycles. The summed E-state index contributed by atoms with van der Waals surface area (Å²) in [6, 6.07) is 41.0. The Morgan fingerprint density at radius 1 is 0.462 bits per heavy atom. The van der Waals surface area contributed by atoms with Crippen molar-refractivity contribution in [3.8, 4) is 51.0 Å². The average molecular weight is 1240 g/mol. The quantitative estimate of drug-likeness (QED) is 0.0701. The Hall–Kier alpha value is -12.5. The molecule has 0 saturated carbocycles. The van der Waals surface area contributed by atoms with Gasteiger partial charge in [0.1, 0.15) is 82.4 Å². The minimum Gasteiger partial charge on any atom is -0.508 e. The molecule has 14 aromatic rings. The molecule has 0 saturated heterocycles. The minimum absolute atomic E-state index is 0.00401. The molecule has 6 aromatic carbocycles. The van der Waals surface area contributed by atoms with Crippen molar-refractivity contribution in [3.63, 3.8) is 0 Å². The molecule has 15 rings (SSSR count). The molecular weight excluding hydrogens is 1190 g/mol. The zero-order valence-electron chi connectivity index (χ0n) is 49.7. The average Bonchev–Trinajstić information content (AvgIpc) is 1.67. The molecule has 0 bridgehead atoms. The van der Waals surface area contributed by atoms with E-state index in [1.807, 2.05) is 111 Å². The van der Waals surface area contributed by atoms with Gasteiger partial charge in [-0.3, -0.25) is 14.4 Å². The number of para-hydroxylation sites is 2. The van der Waals surface area contributed by atoms with Gasteiger partial charge in [0.25, 0.3) is 11.1 Å². The van der Waals surface area contributed by atoms with E-state index >= 15 is 0 Å². The maximum atomic E-state index is 14.0. The van der Waals surface area contributed by atoms with Crippen molar-refractivity contribution in [2.45, 2.75) is 53.0 Å². The normalized spacial score (nSPS) is 12.0. The van der Waals surface area contributed by atoms with Crippen molar-refractivity contribution >= 4 is 84.2 Å². The van der Waals surface area contributed by atoms with E-state index in [-0.39, 0.29) is 65.4 Å². The van der Waals surface area contributed by atoms with Crippen molar-refractivity contribution in [1.82, 2.24) is 68.4 Å². The predicted octanol–water partition coefficient (Wildman–Crippen LogP) is 9.60. The highest BCUT2D eigenvalue weighted by Crippen LogP contribution is 2.36. The number of carbonyl (C=O) groups excluding carboxylic acids is 1. The highest BCUT2D eigenvalue weighted by atomic mass is 19.1. The molecule has 25 heteroatoms. The molecule has 0 aliphatic heterocycles. The molecule has 93 heavy (non-hydrogen) atoms. The summed E-state index contributed by atoms with van der Waals surface area (Å²) in [5, 5.41) is 46.8. The number of rotatable bonds is 11. The second-order valence-corrected chi connectivity index (χ2v) is 21.9. The standard InChI is InChI=1S/C23H19FN6O2.C23H20N6O2.C22H16FN5O2/c1-2-29-18-6-4-3-5-13(18)7-15(23(29)32)11-30-22-19(21(25)26-12-27-22)20(28-30)14-8-16(24)10-17(31)9-14;1-2-28-18-9-4-3-6-14(18)10-16(23(28)31)12-29-22-19(21(24)25-13-26-22)20(27-29)15-7-5-8-17(30)11-15;23-16-6-14(7-17(29)9-16)20-19-21(24)25-11-26-22(19)28(27-20)10-15-5-12-3-1-2-4-13(12)8-18(15)30/h3-10,12,31H,2,11H2,1H3,(H2,25,26,27);3-11,13,30H,2,12H2,1H3,(H2,24,25,26);1-7,9,11,29H,8,10H2,(H2,24,25,26). The van der Waals surface area contributed by atoms with Crippen LogP contribution in [-0.4, -0.2) is 89.5 Å². The second-order valence-electron chi connectivity index (χ2n) is 21.9. The van der Waals surface area contributed by atoms with Gasteiger partial charge in [0.2, 0.25) is 0 Å². The molecule has 462 valence electrons. The lowest BCUT2D eigenvalue weighted by molar-refractivity contribution is -0.115. The van der Waals surface area contributed by atoms with Gasteiger partial charge in [0.05, 0.1) is 46.8 Å². The number of aromatic hydroxyl groups is 3. The molecule has 0 fully saturated rings. The highest BCUT2D eigenvalue weighted by molar-refractivity contribution is 6.05. The van der Waals surface area contributed by atoms with Gasteiger partial charge in [0.15, 0.2) is 22.7 Å². The summed E-state index contributed by atoms with van der Waals surface area (Å²) in [6.07, 6.45) is 6.19. The molecule has 1 aliphatic carbocycles. The van der Waals surface area contributed by atoms with Gasteiger partial charge in [-0.05, 0) is 102 Å². The number of benzene rings is 6. The van der Waals surface area contributed by atoms with E-state index in [0.29, 0.717) is 109 Å². The maximum absolute atomic E-state index is 14.0. The molecule has 0 atom stereocenters. The Labute approximate surface area is 525 Å². The Morgan fingerprint density at radius 2 is 0.892 bits per heavy atom. The molecule has 0 unspecified atom stereocenters. The van der Waals surface area contributed by atoms with Crippen molar-refractivity contribution in [1.29, 1.82) is 0 Å². The Kier molecular flexibility index (Phi) is 15.6. The molecule has 23 nitrogen and oxygen atoms in total. The summed E-state index contributed by atoms with van der Waals surface area (Å²) in [7, 11) is 0. The lowest BCUT2D eigenvalue weighted by Crippen LogP contribution is -2.25. The highest BCUT2D eigenvalue weighted by Gasteiger charge is 2.25. The van der Waals surface area contributed by atoms with Crippen LogP contribution in [0.5, 0.6) is 17.2 Å². The fourth-order valence-electron chi connectivity index (χ4n) is 11.7. The number of nitrogens with zero attached hydrogens (tertiary/aromatic N) is 14. The number of nitrogens with two attached hydrogens (primary N) is 3. The van der Waals surface area contributed by atoms with Gasteiger partial charge < -0.3 is 41.7 Å². The number of anilines is 3. The summed E-state index contributed by atoms with van der Waals surface area (Å²) < 4.78 is 36.1. The first-order chi connectivity index (χ1) is 45.0. The number of fused-ring (bicyclic) bond motifs is 6. The topological polar surface area (TPSA) is 331 Å². The SMILES string of the molecule is CCn1c(=O)c(Cn2nc(-c3cc(O)cc(F)c3)c3c(N)ncnc32)cc2ccccc21.CCn1c(=O)c(Cn2nc(-c3cccc(O)c3)c3c(N)ncnc32)cc2ccccc21.Nc1ncnc2c1c(-c1cc(O)cc(F)c1)nn2CC1=Cc2ccccc2CC1=O. The van der Waals surface area contributed by atoms with Crippen LogP contribution in [0.1, 0.15) is 36.1 Å². The van der Waals surface area contributed by atoms with Crippen LogP contribution in [0.25, 0.3) is 94.8 Å². The van der Waals surface area contributed by atoms with Crippen molar-refractivity contribution in [3.05, 3.63) is 225 Å². The van der Waals surface area contributed by atoms with E-state index in [1.165, 1.54) is 43.2 Å². The number of aryl methyl sites for hydroxylation is 2. The Bertz CT molecular complexity index is 5440. The van der Waals surface area contributed by atoms with Crippen molar-refractivity contribution < 1.29 is 28.9 Å². The first kappa shape index (κ1) is 59.4. The second kappa shape index (κ2) is 24.4. The lowest BCUT2D eigenvalue weighted by atomic mass is 9.91. The predicted molar refractivity (Wildman–Crippen MR) is 350 cm³/mol. The van der Waals surface area contributed by atoms with Crippen molar-refractivity contribution in [2.24, 2.45) is 0 Å². The summed E-state index contributed by atoms with van der Waals surface area (Å²) in [4.78, 5) is 64.2. The maximum Gasteiger partial charge on any atom is 0.256 e. The molecule has 9 N–H and O–H groups in total. The van der Waals surface area contributed by atoms with Crippen LogP contribution in [0.4, 0.5) is 26.2 Å². The monoisotopic (exact) mass is 1240 g/mol. The number of Topliss-reactive ketones (excluding diaryl/α,β-unsaturated/α-hetero) is 1. The smallest absolute Gasteiger partial charge is 0.256 e. The van der Waals surface area contributed by atoms with E-state index in [1.54, 1.807) is 41.4 Å². The van der Waals surface area contributed by atoms with Gasteiger partial charge in [-0.15, -0.1) is 0 Å². The first-order valence-corrected chi connectivity index (χ1v) is 29.3. The molecule has 1 aliphatic rings. The number of ketones is 1. The summed E-state index contributed by atoms with van der Waals surface area (Å²) in [5.41, 5.74) is 27.5. The number of pyridine rings is 2. The lowest BCUT2D eigenvalue weighted by Gasteiger charge is -2.15. The number of halogens is 2. The van der Waals surface area contributed by atoms with Gasteiger partial charge >= 0.3 is 0 Å². The summed E-state index contributed by atoms with van der Waals surface area (Å²) in [6.45, 7) is 5.51. The largest absolute Gasteiger partial charge is 0.508 e. The van der Waals surface area contributed by atoms with E-state index in [2.05, 4.69) is 40.1 Å². The third-order valence-electron chi connectivity index (χ3n) is 15.9. The zero-order valence-corrected chi connectivity index (χ0v) is 49.7. The van der Waals surface area contributed by atoms with Crippen LogP contribution in [0, 0.1) is 11.6 Å². The minimum atomic E-state index is -0.613. The summed E-state index contributed by atoms with van der Waals surface area (Å²) >= 11 is 0. The molecular formula is C68H55F2N17O6. The first-order valence-electron chi connectivity index (χ1n) is 29.3. The van der Waals surface area contributed by atoms with Gasteiger partial charge in [-0.2, -0.15) is 15.3 Å². The van der Waals surface area contributed by atoms with E-state index in [4.69, 9.17) is 22.3 Å². The number of allylic oxidation sites excluding steroid dienone is 1. The third kappa shape index (κ3) is 11.4. The van der Waals surface area contributed by atoms with Crippen LogP contribution >= 0.6 is 0 Å². The number of phenols is 3. The van der Waals surface area contributed by atoms with Crippen molar-refractivity contribution in [2.75, 3.05) is 17.2 Å². The van der Waals surface area contributed by atoms with Crippen LogP contribution in [-0.2, 0) is 43.9 Å². The Morgan fingerprint density at radius 3 is 1.35 bits per heavy atom. The molecule has 0 amide bonds.